The van der Waals surface area contributed by atoms with E-state index in [-0.39, 0.29) is 17.1 Å². The van der Waals surface area contributed by atoms with E-state index in [1.807, 2.05) is 61.6 Å². The summed E-state index contributed by atoms with van der Waals surface area (Å²) in [7, 11) is 0. The molecule has 0 atom stereocenters. The molecule has 2 aliphatic rings. The van der Waals surface area contributed by atoms with Gasteiger partial charge in [-0.1, -0.05) is 0 Å². The van der Waals surface area contributed by atoms with Gasteiger partial charge in [-0.05, 0) is 91.4 Å². The molecule has 0 fully saturated rings. The molecule has 153 valence electrons. The standard InChI is InChI=1S/C20H14N4.C5H6O.Mn/c1-2-14-10-16-5-6-18(23-16)12-20-8-7-19(24-20)11-17-4-3-15(22-17)9-13(1)21-14;1-5-2-3-6-4-5;/h1-12,21,24H;2-4H,1H3;. The van der Waals surface area contributed by atoms with Crippen LogP contribution in [-0.2, 0) is 17.1 Å². The Labute approximate surface area is 190 Å². The second-order valence-electron chi connectivity index (χ2n) is 7.21. The van der Waals surface area contributed by atoms with Crippen molar-refractivity contribution in [2.75, 3.05) is 0 Å². The zero-order valence-electron chi connectivity index (χ0n) is 16.8. The van der Waals surface area contributed by atoms with E-state index < -0.39 is 0 Å². The van der Waals surface area contributed by atoms with Gasteiger partial charge in [0.1, 0.15) is 0 Å². The molecule has 1 radical (unpaired) electrons. The fourth-order valence-electron chi connectivity index (χ4n) is 3.28. The van der Waals surface area contributed by atoms with Crippen molar-refractivity contribution in [3.05, 3.63) is 95.5 Å². The number of nitrogens with one attached hydrogen (secondary N) is 2. The van der Waals surface area contributed by atoms with E-state index in [9.17, 15) is 0 Å². The topological polar surface area (TPSA) is 70.5 Å². The molecule has 2 N–H and O–H groups in total. The number of hydrogen-bond acceptors (Lipinski definition) is 3. The summed E-state index contributed by atoms with van der Waals surface area (Å²) in [5.74, 6) is 0. The largest absolute Gasteiger partial charge is 0.472 e. The predicted octanol–water partition coefficient (Wildman–Crippen LogP) is 6.24. The average molecular weight is 447 g/mol. The molecule has 4 aromatic heterocycles. The first-order chi connectivity index (χ1) is 14.7. The van der Waals surface area contributed by atoms with Gasteiger partial charge in [0, 0.05) is 39.1 Å². The number of furan rings is 1. The Balaban J connectivity index is 0.000000288. The Morgan fingerprint density at radius 2 is 1.00 bits per heavy atom. The maximum absolute atomic E-state index is 4.71. The van der Waals surface area contributed by atoms with Gasteiger partial charge in [0.05, 0.1) is 35.3 Å². The molecule has 8 bridgehead atoms. The molecule has 4 aromatic rings. The Morgan fingerprint density at radius 1 is 0.613 bits per heavy atom. The second-order valence-corrected chi connectivity index (χ2v) is 7.21. The van der Waals surface area contributed by atoms with E-state index in [4.69, 9.17) is 4.42 Å². The van der Waals surface area contributed by atoms with Crippen LogP contribution in [0.2, 0.25) is 0 Å². The van der Waals surface area contributed by atoms with Crippen LogP contribution in [0, 0.1) is 6.92 Å². The van der Waals surface area contributed by atoms with Crippen LogP contribution in [-0.4, -0.2) is 19.9 Å². The summed E-state index contributed by atoms with van der Waals surface area (Å²) in [6, 6.07) is 18.3. The first-order valence-electron chi connectivity index (χ1n) is 9.73. The number of hydrogen-bond donors (Lipinski definition) is 2. The van der Waals surface area contributed by atoms with E-state index in [1.165, 1.54) is 5.56 Å². The van der Waals surface area contributed by atoms with Crippen molar-refractivity contribution in [3.63, 3.8) is 0 Å². The third kappa shape index (κ3) is 5.12. The Kier molecular flexibility index (Phi) is 6.03. The zero-order valence-corrected chi connectivity index (χ0v) is 18.0. The third-order valence-corrected chi connectivity index (χ3v) is 4.71. The number of nitrogens with zero attached hydrogens (tertiary/aromatic N) is 2. The molecule has 0 spiro atoms. The Bertz CT molecular complexity index is 1230. The van der Waals surface area contributed by atoms with Crippen LogP contribution < -0.4 is 0 Å². The maximum Gasteiger partial charge on any atom is 0.0931 e. The van der Waals surface area contributed by atoms with Gasteiger partial charge in [-0.3, -0.25) is 0 Å². The van der Waals surface area contributed by atoms with Gasteiger partial charge >= 0.3 is 0 Å². The fourth-order valence-corrected chi connectivity index (χ4v) is 3.28. The number of aryl methyl sites for hydroxylation is 1. The minimum absolute atomic E-state index is 0. The molecule has 0 amide bonds. The number of rotatable bonds is 0. The normalized spacial score (nSPS) is 11.5. The Morgan fingerprint density at radius 3 is 1.26 bits per heavy atom. The molecule has 0 saturated heterocycles. The molecule has 6 heterocycles. The van der Waals surface area contributed by atoms with Crippen LogP contribution in [0.25, 0.3) is 46.4 Å². The molecule has 31 heavy (non-hydrogen) atoms. The SMILES string of the molecule is C1=Cc2cc3ccc(cc4nc(cc5ccc(cc1n2)[nH]5)C=C4)[nH]3.Cc1ccoc1.[Mn]. The molecule has 2 aliphatic heterocycles. The zero-order chi connectivity index (χ0) is 20.3. The third-order valence-electron chi connectivity index (χ3n) is 4.71. The van der Waals surface area contributed by atoms with Crippen LogP contribution in [0.4, 0.5) is 0 Å². The molecule has 0 aliphatic carbocycles. The van der Waals surface area contributed by atoms with Crippen LogP contribution in [0.3, 0.4) is 0 Å². The van der Waals surface area contributed by atoms with E-state index in [2.05, 4.69) is 44.2 Å². The smallest absolute Gasteiger partial charge is 0.0931 e. The molecular weight excluding hydrogens is 427 g/mol. The Hall–Kier alpha value is -3.60. The van der Waals surface area contributed by atoms with Crippen molar-refractivity contribution in [1.82, 2.24) is 19.9 Å². The van der Waals surface area contributed by atoms with Gasteiger partial charge in [-0.15, -0.1) is 0 Å². The summed E-state index contributed by atoms with van der Waals surface area (Å²) in [5, 5.41) is 0. The molecule has 6 heteroatoms. The summed E-state index contributed by atoms with van der Waals surface area (Å²) in [6.07, 6.45) is 11.5. The monoisotopic (exact) mass is 447 g/mol. The van der Waals surface area contributed by atoms with Crippen LogP contribution in [0.5, 0.6) is 0 Å². The number of aromatic amines is 2. The van der Waals surface area contributed by atoms with Crippen LogP contribution in [0.15, 0.2) is 71.5 Å². The van der Waals surface area contributed by atoms with E-state index in [0.717, 1.165) is 44.8 Å². The van der Waals surface area contributed by atoms with Crippen molar-refractivity contribution >= 4 is 46.4 Å². The predicted molar refractivity (Wildman–Crippen MR) is 122 cm³/mol. The summed E-state index contributed by atoms with van der Waals surface area (Å²) < 4.78 is 4.71. The quantitative estimate of drug-likeness (QED) is 0.271. The molecule has 0 aromatic carbocycles. The van der Waals surface area contributed by atoms with Gasteiger partial charge < -0.3 is 14.4 Å². The number of H-pyrrole nitrogens is 2. The van der Waals surface area contributed by atoms with Gasteiger partial charge in [0.2, 0.25) is 0 Å². The molecule has 6 rings (SSSR count). The summed E-state index contributed by atoms with van der Waals surface area (Å²) in [6.45, 7) is 1.99. The summed E-state index contributed by atoms with van der Waals surface area (Å²) >= 11 is 0. The average Bonchev–Trinajstić information content (AvgIpc) is 3.52. The van der Waals surface area contributed by atoms with Crippen molar-refractivity contribution in [3.8, 4) is 0 Å². The van der Waals surface area contributed by atoms with E-state index >= 15 is 0 Å². The summed E-state index contributed by atoms with van der Waals surface area (Å²) in [5.41, 5.74) is 9.04. The first-order valence-corrected chi connectivity index (χ1v) is 9.73. The minimum atomic E-state index is 0. The number of fused-ring (bicyclic) bond motifs is 8. The molecule has 5 nitrogen and oxygen atoms in total. The summed E-state index contributed by atoms with van der Waals surface area (Å²) in [4.78, 5) is 16.0. The fraction of sp³-hybridized carbons (Fsp3) is 0.0400. The molecule has 0 unspecified atom stereocenters. The minimum Gasteiger partial charge on any atom is -0.472 e. The van der Waals surface area contributed by atoms with Gasteiger partial charge in [0.25, 0.3) is 0 Å². The molecular formula is C25H20MnN4O. The maximum atomic E-state index is 4.71. The van der Waals surface area contributed by atoms with Crippen molar-refractivity contribution in [1.29, 1.82) is 0 Å². The van der Waals surface area contributed by atoms with E-state index in [1.54, 1.807) is 12.5 Å². The van der Waals surface area contributed by atoms with Crippen LogP contribution >= 0.6 is 0 Å². The van der Waals surface area contributed by atoms with Gasteiger partial charge in [-0.25, -0.2) is 9.97 Å². The van der Waals surface area contributed by atoms with Crippen molar-refractivity contribution in [2.24, 2.45) is 0 Å². The molecule has 0 saturated carbocycles. The van der Waals surface area contributed by atoms with Crippen molar-refractivity contribution in [2.45, 2.75) is 6.92 Å². The number of aromatic nitrogens is 4. The van der Waals surface area contributed by atoms with E-state index in [0.29, 0.717) is 0 Å². The first kappa shape index (κ1) is 20.7. The van der Waals surface area contributed by atoms with Crippen molar-refractivity contribution < 1.29 is 21.5 Å². The second kappa shape index (κ2) is 9.04. The van der Waals surface area contributed by atoms with Crippen LogP contribution in [0.1, 0.15) is 28.3 Å². The van der Waals surface area contributed by atoms with Gasteiger partial charge in [-0.2, -0.15) is 0 Å². The van der Waals surface area contributed by atoms with Gasteiger partial charge in [0.15, 0.2) is 0 Å².